The molecular formula is C9H13N3OS2. The van der Waals surface area contributed by atoms with Crippen LogP contribution < -0.4 is 5.32 Å². The number of thioether (sulfide) groups is 1. The second-order valence-electron chi connectivity index (χ2n) is 3.49. The Kier molecular flexibility index (Phi) is 3.58. The van der Waals surface area contributed by atoms with E-state index in [9.17, 15) is 4.79 Å². The van der Waals surface area contributed by atoms with E-state index in [1.54, 1.807) is 11.8 Å². The maximum absolute atomic E-state index is 11.4. The molecule has 82 valence electrons. The summed E-state index contributed by atoms with van der Waals surface area (Å²) in [7, 11) is 0. The zero-order chi connectivity index (χ0) is 10.7. The molecule has 4 nitrogen and oxygen atoms in total. The molecule has 1 aliphatic carbocycles. The van der Waals surface area contributed by atoms with Crippen LogP contribution in [0.5, 0.6) is 0 Å². The predicted octanol–water partition coefficient (Wildman–Crippen LogP) is 2.39. The molecule has 0 atom stereocenters. The van der Waals surface area contributed by atoms with Crippen molar-refractivity contribution in [3.63, 3.8) is 0 Å². The number of hydrogen-bond acceptors (Lipinski definition) is 5. The quantitative estimate of drug-likeness (QED) is 0.637. The van der Waals surface area contributed by atoms with Gasteiger partial charge in [0.1, 0.15) is 0 Å². The lowest BCUT2D eigenvalue weighted by Gasteiger charge is -1.96. The third kappa shape index (κ3) is 3.17. The molecule has 0 aliphatic heterocycles. The second-order valence-corrected chi connectivity index (χ2v) is 5.80. The summed E-state index contributed by atoms with van der Waals surface area (Å²) >= 11 is 3.14. The van der Waals surface area contributed by atoms with Gasteiger partial charge in [-0.25, -0.2) is 0 Å². The minimum atomic E-state index is 0.0955. The molecule has 15 heavy (non-hydrogen) atoms. The first-order chi connectivity index (χ1) is 7.29. The first-order valence-electron chi connectivity index (χ1n) is 5.06. The Morgan fingerprint density at radius 3 is 3.07 bits per heavy atom. The topological polar surface area (TPSA) is 54.9 Å². The lowest BCUT2D eigenvalue weighted by molar-refractivity contribution is -0.117. The summed E-state index contributed by atoms with van der Waals surface area (Å²) < 4.78 is 0.933. The van der Waals surface area contributed by atoms with E-state index in [0.717, 1.165) is 29.4 Å². The Labute approximate surface area is 96.9 Å². The smallest absolute Gasteiger partial charge is 0.229 e. The highest BCUT2D eigenvalue weighted by molar-refractivity contribution is 8.01. The van der Waals surface area contributed by atoms with Gasteiger partial charge >= 0.3 is 0 Å². The fourth-order valence-electron chi connectivity index (χ4n) is 1.06. The summed E-state index contributed by atoms with van der Waals surface area (Å²) in [5.41, 5.74) is 0. The van der Waals surface area contributed by atoms with Gasteiger partial charge in [0.25, 0.3) is 0 Å². The Morgan fingerprint density at radius 1 is 1.60 bits per heavy atom. The van der Waals surface area contributed by atoms with Crippen molar-refractivity contribution < 1.29 is 4.79 Å². The van der Waals surface area contributed by atoms with Gasteiger partial charge in [-0.2, -0.15) is 0 Å². The van der Waals surface area contributed by atoms with Gasteiger partial charge in [-0.05, 0) is 19.3 Å². The van der Waals surface area contributed by atoms with Crippen LogP contribution in [-0.2, 0) is 4.79 Å². The molecule has 1 saturated carbocycles. The highest BCUT2D eigenvalue weighted by Gasteiger charge is 2.30. The average Bonchev–Trinajstić information content (AvgIpc) is 2.99. The summed E-state index contributed by atoms with van der Waals surface area (Å²) in [5.74, 6) is 1.37. The highest BCUT2D eigenvalue weighted by Crippen LogP contribution is 2.31. The van der Waals surface area contributed by atoms with Crippen LogP contribution in [0.3, 0.4) is 0 Å². The number of hydrogen-bond donors (Lipinski definition) is 1. The third-order valence-corrected chi connectivity index (χ3v) is 4.19. The average molecular weight is 243 g/mol. The van der Waals surface area contributed by atoms with Crippen LogP contribution in [-0.4, -0.2) is 21.9 Å². The van der Waals surface area contributed by atoms with Gasteiger partial charge in [0, 0.05) is 11.7 Å². The van der Waals surface area contributed by atoms with Gasteiger partial charge in [-0.1, -0.05) is 30.0 Å². The number of rotatable bonds is 5. The van der Waals surface area contributed by atoms with Crippen LogP contribution in [0.25, 0.3) is 0 Å². The van der Waals surface area contributed by atoms with Gasteiger partial charge in [0.15, 0.2) is 4.34 Å². The van der Waals surface area contributed by atoms with Crippen molar-refractivity contribution in [2.75, 3.05) is 11.1 Å². The molecule has 0 bridgehead atoms. The van der Waals surface area contributed by atoms with Gasteiger partial charge in [0.05, 0.1) is 0 Å². The largest absolute Gasteiger partial charge is 0.300 e. The monoisotopic (exact) mass is 243 g/mol. The van der Waals surface area contributed by atoms with Crippen molar-refractivity contribution in [1.29, 1.82) is 0 Å². The molecule has 1 aromatic rings. The van der Waals surface area contributed by atoms with Crippen LogP contribution in [0.2, 0.25) is 0 Å². The molecular weight excluding hydrogens is 230 g/mol. The summed E-state index contributed by atoms with van der Waals surface area (Å²) in [5, 5.41) is 11.4. The zero-order valence-electron chi connectivity index (χ0n) is 8.52. The van der Waals surface area contributed by atoms with Crippen LogP contribution in [0.4, 0.5) is 5.13 Å². The standard InChI is InChI=1S/C9H13N3OS2/c1-2-5-14-9-12-11-8(15-9)10-7(13)6-3-4-6/h6H,2-5H2,1H3,(H,10,11,13). The van der Waals surface area contributed by atoms with Gasteiger partial charge in [-0.15, -0.1) is 10.2 Å². The van der Waals surface area contributed by atoms with Gasteiger partial charge in [0.2, 0.25) is 11.0 Å². The number of nitrogens with one attached hydrogen (secondary N) is 1. The second kappa shape index (κ2) is 4.94. The molecule has 6 heteroatoms. The number of nitrogens with zero attached hydrogens (tertiary/aromatic N) is 2. The number of carbonyl (C=O) groups excluding carboxylic acids is 1. The highest BCUT2D eigenvalue weighted by atomic mass is 32.2. The first kappa shape index (κ1) is 10.9. The van der Waals surface area contributed by atoms with Crippen molar-refractivity contribution in [3.05, 3.63) is 0 Å². The predicted molar refractivity (Wildman–Crippen MR) is 62.3 cm³/mol. The van der Waals surface area contributed by atoms with E-state index in [1.165, 1.54) is 11.3 Å². The molecule has 0 unspecified atom stereocenters. The molecule has 0 saturated heterocycles. The van der Waals surface area contributed by atoms with E-state index < -0.39 is 0 Å². The third-order valence-electron chi connectivity index (χ3n) is 2.01. The van der Waals surface area contributed by atoms with E-state index in [4.69, 9.17) is 0 Å². The van der Waals surface area contributed by atoms with E-state index >= 15 is 0 Å². The van der Waals surface area contributed by atoms with Crippen LogP contribution >= 0.6 is 23.1 Å². The Hall–Kier alpha value is -0.620. The van der Waals surface area contributed by atoms with Crippen LogP contribution in [0.15, 0.2) is 4.34 Å². The maximum Gasteiger partial charge on any atom is 0.229 e. The molecule has 1 amide bonds. The van der Waals surface area contributed by atoms with Crippen molar-refractivity contribution in [3.8, 4) is 0 Å². The molecule has 0 aromatic carbocycles. The van der Waals surface area contributed by atoms with Crippen LogP contribution in [0.1, 0.15) is 26.2 Å². The Balaban J connectivity index is 1.85. The van der Waals surface area contributed by atoms with Crippen molar-refractivity contribution in [2.45, 2.75) is 30.5 Å². The molecule has 1 aromatic heterocycles. The van der Waals surface area contributed by atoms with Gasteiger partial charge < -0.3 is 5.32 Å². The minimum absolute atomic E-state index is 0.0955. The fraction of sp³-hybridized carbons (Fsp3) is 0.667. The number of carbonyl (C=O) groups is 1. The van der Waals surface area contributed by atoms with E-state index in [2.05, 4.69) is 22.4 Å². The lowest BCUT2D eigenvalue weighted by atomic mass is 10.4. The molecule has 2 rings (SSSR count). The Morgan fingerprint density at radius 2 is 2.40 bits per heavy atom. The molecule has 1 heterocycles. The summed E-state index contributed by atoms with van der Waals surface area (Å²) in [6, 6.07) is 0. The molecule has 1 N–H and O–H groups in total. The molecule has 0 spiro atoms. The van der Waals surface area contributed by atoms with Gasteiger partial charge in [-0.3, -0.25) is 4.79 Å². The van der Waals surface area contributed by atoms with E-state index in [-0.39, 0.29) is 11.8 Å². The summed E-state index contributed by atoms with van der Waals surface area (Å²) in [6.07, 6.45) is 3.15. The van der Waals surface area contributed by atoms with Crippen LogP contribution in [0, 0.1) is 5.92 Å². The zero-order valence-corrected chi connectivity index (χ0v) is 10.2. The molecule has 0 radical (unpaired) electrons. The summed E-state index contributed by atoms with van der Waals surface area (Å²) in [4.78, 5) is 11.4. The number of aromatic nitrogens is 2. The lowest BCUT2D eigenvalue weighted by Crippen LogP contribution is -2.12. The fourth-order valence-corrected chi connectivity index (χ4v) is 2.74. The number of anilines is 1. The van der Waals surface area contributed by atoms with Crippen molar-refractivity contribution in [1.82, 2.24) is 10.2 Å². The van der Waals surface area contributed by atoms with E-state index in [0.29, 0.717) is 5.13 Å². The normalized spacial score (nSPS) is 15.3. The van der Waals surface area contributed by atoms with Crippen molar-refractivity contribution in [2.24, 2.45) is 5.92 Å². The minimum Gasteiger partial charge on any atom is -0.300 e. The van der Waals surface area contributed by atoms with E-state index in [1.807, 2.05) is 0 Å². The number of amides is 1. The molecule has 1 aliphatic rings. The Bertz CT molecular complexity index is 349. The molecule has 1 fully saturated rings. The summed E-state index contributed by atoms with van der Waals surface area (Å²) in [6.45, 7) is 2.13. The maximum atomic E-state index is 11.4. The SMILES string of the molecule is CCCSc1nnc(NC(=O)C2CC2)s1. The van der Waals surface area contributed by atoms with Crippen molar-refractivity contribution >= 4 is 34.1 Å². The first-order valence-corrected chi connectivity index (χ1v) is 6.87.